The Labute approximate surface area is 178 Å². The maximum Gasteiger partial charge on any atom is 0.336 e. The molecule has 0 spiro atoms. The summed E-state index contributed by atoms with van der Waals surface area (Å²) < 4.78 is 2.08. The molecule has 0 aliphatic heterocycles. The zero-order valence-corrected chi connectivity index (χ0v) is 18.1. The minimum Gasteiger partial charge on any atom is -0.478 e. The number of carbonyl (C=O) groups is 1. The summed E-state index contributed by atoms with van der Waals surface area (Å²) in [5, 5.41) is 14.2. The molecule has 2 aromatic carbocycles. The van der Waals surface area contributed by atoms with Crippen molar-refractivity contribution in [3.8, 4) is 11.1 Å². The Balaban J connectivity index is 1.82. The molecule has 1 heterocycles. The fourth-order valence-corrected chi connectivity index (χ4v) is 3.60. The van der Waals surface area contributed by atoms with Gasteiger partial charge in [0.1, 0.15) is 5.82 Å². The molecule has 5 heteroatoms. The van der Waals surface area contributed by atoms with Gasteiger partial charge in [0.05, 0.1) is 11.6 Å². The molecule has 3 aromatic rings. The van der Waals surface area contributed by atoms with E-state index >= 15 is 0 Å². The quantitative estimate of drug-likeness (QED) is 0.424. The molecule has 1 unspecified atom stereocenters. The highest BCUT2D eigenvalue weighted by molar-refractivity contribution is 5.95. The van der Waals surface area contributed by atoms with E-state index in [9.17, 15) is 9.90 Å². The summed E-state index contributed by atoms with van der Waals surface area (Å²) >= 11 is 0. The molecule has 5 nitrogen and oxygen atoms in total. The normalized spacial score (nSPS) is 12.1. The third-order valence-corrected chi connectivity index (χ3v) is 5.54. The number of unbranched alkanes of at least 4 members (excludes halogenated alkanes) is 2. The highest BCUT2D eigenvalue weighted by atomic mass is 16.4. The van der Waals surface area contributed by atoms with Crippen molar-refractivity contribution < 1.29 is 9.90 Å². The smallest absolute Gasteiger partial charge is 0.336 e. The molecule has 0 amide bonds. The Morgan fingerprint density at radius 2 is 1.80 bits per heavy atom. The number of rotatable bonds is 10. The van der Waals surface area contributed by atoms with Gasteiger partial charge in [-0.2, -0.15) is 5.10 Å². The fourth-order valence-electron chi connectivity index (χ4n) is 3.60. The van der Waals surface area contributed by atoms with Crippen molar-refractivity contribution >= 4 is 5.97 Å². The van der Waals surface area contributed by atoms with Gasteiger partial charge in [0.2, 0.25) is 0 Å². The Kier molecular flexibility index (Phi) is 7.39. The fraction of sp³-hybridized carbons (Fsp3) is 0.400. The standard InChI is InChI=1S/C25H31N3O2/c1-4-6-7-12-23-26-24(28(27-23)18(3)5-2)17-19-13-15-20(16-14-19)21-10-8-9-11-22(21)25(29)30/h8-11,13-16,18H,4-7,12,17H2,1-3H3,(H,29,30). The lowest BCUT2D eigenvalue weighted by atomic mass is 9.98. The van der Waals surface area contributed by atoms with Crippen LogP contribution < -0.4 is 0 Å². The summed E-state index contributed by atoms with van der Waals surface area (Å²) in [6.07, 6.45) is 6.16. The number of aromatic carboxylic acids is 1. The lowest BCUT2D eigenvalue weighted by Crippen LogP contribution is -2.11. The Morgan fingerprint density at radius 3 is 2.47 bits per heavy atom. The number of carboxylic acids is 1. The average molecular weight is 406 g/mol. The molecule has 0 aliphatic carbocycles. The molecular weight excluding hydrogens is 374 g/mol. The minimum atomic E-state index is -0.910. The van der Waals surface area contributed by atoms with E-state index < -0.39 is 5.97 Å². The van der Waals surface area contributed by atoms with E-state index in [4.69, 9.17) is 10.1 Å². The molecular formula is C25H31N3O2. The molecule has 0 bridgehead atoms. The third kappa shape index (κ3) is 5.15. The molecule has 0 fully saturated rings. The first kappa shape index (κ1) is 21.8. The van der Waals surface area contributed by atoms with Gasteiger partial charge in [-0.05, 0) is 42.5 Å². The Hall–Kier alpha value is -2.95. The van der Waals surface area contributed by atoms with Crippen molar-refractivity contribution in [1.29, 1.82) is 0 Å². The van der Waals surface area contributed by atoms with Crippen LogP contribution in [0.2, 0.25) is 0 Å². The van der Waals surface area contributed by atoms with E-state index in [-0.39, 0.29) is 0 Å². The first-order chi connectivity index (χ1) is 14.5. The third-order valence-electron chi connectivity index (χ3n) is 5.54. The van der Waals surface area contributed by atoms with Gasteiger partial charge < -0.3 is 5.11 Å². The van der Waals surface area contributed by atoms with Crippen LogP contribution in [0.4, 0.5) is 0 Å². The number of aryl methyl sites for hydroxylation is 1. The van der Waals surface area contributed by atoms with Crippen LogP contribution in [0.5, 0.6) is 0 Å². The summed E-state index contributed by atoms with van der Waals surface area (Å²) in [5.41, 5.74) is 3.10. The lowest BCUT2D eigenvalue weighted by Gasteiger charge is -2.12. The Morgan fingerprint density at radius 1 is 1.07 bits per heavy atom. The molecule has 1 atom stereocenters. The van der Waals surface area contributed by atoms with E-state index in [0.29, 0.717) is 18.0 Å². The van der Waals surface area contributed by atoms with Crippen molar-refractivity contribution in [1.82, 2.24) is 14.8 Å². The van der Waals surface area contributed by atoms with E-state index in [0.717, 1.165) is 47.6 Å². The molecule has 0 saturated heterocycles. The van der Waals surface area contributed by atoms with Crippen LogP contribution in [0.3, 0.4) is 0 Å². The first-order valence-corrected chi connectivity index (χ1v) is 10.9. The molecule has 3 rings (SSSR count). The van der Waals surface area contributed by atoms with Gasteiger partial charge in [-0.15, -0.1) is 0 Å². The summed E-state index contributed by atoms with van der Waals surface area (Å²) in [6.45, 7) is 6.55. The zero-order valence-electron chi connectivity index (χ0n) is 18.1. The number of hydrogen-bond donors (Lipinski definition) is 1. The second-order valence-corrected chi connectivity index (χ2v) is 7.83. The second-order valence-electron chi connectivity index (χ2n) is 7.83. The summed E-state index contributed by atoms with van der Waals surface area (Å²) in [7, 11) is 0. The van der Waals surface area contributed by atoms with Crippen molar-refractivity contribution in [2.75, 3.05) is 0 Å². The number of nitrogens with zero attached hydrogens (tertiary/aromatic N) is 3. The second kappa shape index (κ2) is 10.2. The summed E-state index contributed by atoms with van der Waals surface area (Å²) in [6, 6.07) is 15.5. The van der Waals surface area contributed by atoms with Crippen molar-refractivity contribution in [3.05, 3.63) is 71.3 Å². The van der Waals surface area contributed by atoms with Gasteiger partial charge >= 0.3 is 5.97 Å². The van der Waals surface area contributed by atoms with E-state index in [2.05, 4.69) is 37.6 Å². The lowest BCUT2D eigenvalue weighted by molar-refractivity contribution is 0.0697. The molecule has 0 aliphatic rings. The molecule has 1 N–H and O–H groups in total. The van der Waals surface area contributed by atoms with E-state index in [1.54, 1.807) is 12.1 Å². The highest BCUT2D eigenvalue weighted by Crippen LogP contribution is 2.25. The van der Waals surface area contributed by atoms with Crippen molar-refractivity contribution in [3.63, 3.8) is 0 Å². The number of carboxylic acid groups (broad SMARTS) is 1. The van der Waals surface area contributed by atoms with E-state index in [1.165, 1.54) is 12.8 Å². The molecule has 30 heavy (non-hydrogen) atoms. The predicted octanol–water partition coefficient (Wildman–Crippen LogP) is 5.94. The first-order valence-electron chi connectivity index (χ1n) is 10.9. The van der Waals surface area contributed by atoms with Crippen LogP contribution >= 0.6 is 0 Å². The average Bonchev–Trinajstić information content (AvgIpc) is 3.16. The van der Waals surface area contributed by atoms with Gasteiger partial charge in [0.15, 0.2) is 5.82 Å². The summed E-state index contributed by atoms with van der Waals surface area (Å²) in [5.74, 6) is 1.02. The number of hydrogen-bond acceptors (Lipinski definition) is 3. The van der Waals surface area contributed by atoms with Crippen molar-refractivity contribution in [2.24, 2.45) is 0 Å². The zero-order chi connectivity index (χ0) is 21.5. The van der Waals surface area contributed by atoms with Crippen molar-refractivity contribution in [2.45, 2.75) is 65.3 Å². The van der Waals surface area contributed by atoms with Crippen LogP contribution in [-0.4, -0.2) is 25.8 Å². The largest absolute Gasteiger partial charge is 0.478 e. The number of benzene rings is 2. The SMILES string of the molecule is CCCCCc1nc(Cc2ccc(-c3ccccc3C(=O)O)cc2)n(C(C)CC)n1. The van der Waals surface area contributed by atoms with Gasteiger partial charge in [-0.25, -0.2) is 14.5 Å². The van der Waals surface area contributed by atoms with Crippen LogP contribution in [-0.2, 0) is 12.8 Å². The molecule has 0 saturated carbocycles. The number of aromatic nitrogens is 3. The summed E-state index contributed by atoms with van der Waals surface area (Å²) in [4.78, 5) is 16.3. The van der Waals surface area contributed by atoms with E-state index in [1.807, 2.05) is 24.3 Å². The van der Waals surface area contributed by atoms with Gasteiger partial charge in [-0.1, -0.05) is 69.2 Å². The molecule has 0 radical (unpaired) electrons. The van der Waals surface area contributed by atoms with Crippen LogP contribution in [0.25, 0.3) is 11.1 Å². The Bertz CT molecular complexity index is 976. The van der Waals surface area contributed by atoms with Crippen LogP contribution in [0.15, 0.2) is 48.5 Å². The highest BCUT2D eigenvalue weighted by Gasteiger charge is 2.15. The maximum atomic E-state index is 11.5. The van der Waals surface area contributed by atoms with Gasteiger partial charge in [0.25, 0.3) is 0 Å². The van der Waals surface area contributed by atoms with Crippen LogP contribution in [0, 0.1) is 0 Å². The molecule has 1 aromatic heterocycles. The maximum absolute atomic E-state index is 11.5. The van der Waals surface area contributed by atoms with Gasteiger partial charge in [0, 0.05) is 12.8 Å². The van der Waals surface area contributed by atoms with Crippen LogP contribution in [0.1, 0.15) is 80.1 Å². The molecule has 158 valence electrons. The monoisotopic (exact) mass is 405 g/mol. The minimum absolute atomic E-state index is 0.314. The topological polar surface area (TPSA) is 68.0 Å². The van der Waals surface area contributed by atoms with Gasteiger partial charge in [-0.3, -0.25) is 0 Å². The predicted molar refractivity (Wildman–Crippen MR) is 120 cm³/mol.